The van der Waals surface area contributed by atoms with Crippen molar-refractivity contribution in [2.45, 2.75) is 13.8 Å². The van der Waals surface area contributed by atoms with Gasteiger partial charge < -0.3 is 35.7 Å². The molecule has 1 fully saturated rings. The smallest absolute Gasteiger partial charge is 0.323 e. The summed E-state index contributed by atoms with van der Waals surface area (Å²) in [6.45, 7) is 5.80. The van der Waals surface area contributed by atoms with Crippen LogP contribution in [0.25, 0.3) is 28.0 Å². The van der Waals surface area contributed by atoms with Crippen LogP contribution in [0.2, 0.25) is 0 Å². The molecule has 12 heteroatoms. The summed E-state index contributed by atoms with van der Waals surface area (Å²) in [7, 11) is 3.37. The Bertz CT molecular complexity index is 1740. The lowest BCUT2D eigenvalue weighted by molar-refractivity contribution is 0.0827. The Labute approximate surface area is 254 Å². The number of carbonyl (C=O) groups excluding carboxylic acids is 2. The van der Waals surface area contributed by atoms with Crippen LogP contribution < -0.4 is 15.5 Å². The lowest BCUT2D eigenvalue weighted by atomic mass is 10.0. The molecule has 1 aliphatic rings. The minimum atomic E-state index is -0.422. The summed E-state index contributed by atoms with van der Waals surface area (Å²) in [6, 6.07) is 15.3. The van der Waals surface area contributed by atoms with Crippen LogP contribution in [0, 0.1) is 5.41 Å². The summed E-state index contributed by atoms with van der Waals surface area (Å²) in [5.41, 5.74) is 5.10. The van der Waals surface area contributed by atoms with Gasteiger partial charge in [0.25, 0.3) is 5.91 Å². The van der Waals surface area contributed by atoms with Crippen molar-refractivity contribution >= 4 is 51.4 Å². The van der Waals surface area contributed by atoms with E-state index >= 15 is 0 Å². The number of nitrogens with zero attached hydrogens (tertiary/aromatic N) is 5. The molecule has 0 saturated carbocycles. The quantitative estimate of drug-likeness (QED) is 0.163. The van der Waals surface area contributed by atoms with Gasteiger partial charge in [-0.1, -0.05) is 0 Å². The van der Waals surface area contributed by atoms with E-state index in [0.717, 1.165) is 5.56 Å². The Morgan fingerprint density at radius 3 is 2.11 bits per heavy atom. The second kappa shape index (κ2) is 12.9. The van der Waals surface area contributed by atoms with Gasteiger partial charge in [0.1, 0.15) is 5.52 Å². The highest BCUT2D eigenvalue weighted by Crippen LogP contribution is 2.30. The number of allylic oxidation sites excluding steroid dienone is 2. The molecule has 12 nitrogen and oxygen atoms in total. The van der Waals surface area contributed by atoms with Crippen LogP contribution in [0.1, 0.15) is 29.8 Å². The van der Waals surface area contributed by atoms with Gasteiger partial charge in [-0.05, 0) is 61.5 Å². The summed E-state index contributed by atoms with van der Waals surface area (Å²) in [5.74, 6) is 1.35. The lowest BCUT2D eigenvalue weighted by Crippen LogP contribution is -2.37. The fourth-order valence-electron chi connectivity index (χ4n) is 4.93. The number of morpholine rings is 1. The SMILES string of the molecule is CC(=N)/C(=C(/C)[OH2+])c1cnc2c(N3CCOCC3)nc(-c3ccc(NC(=O)Nc4ccc(C(=O)N(C)C)cc4)cc3)nc2c1. The molecule has 1 aliphatic heterocycles. The molecule has 5 N–H and O–H groups in total. The maximum absolute atomic E-state index is 12.6. The van der Waals surface area contributed by atoms with E-state index < -0.39 is 6.03 Å². The lowest BCUT2D eigenvalue weighted by Gasteiger charge is -2.28. The van der Waals surface area contributed by atoms with Gasteiger partial charge in [-0.25, -0.2) is 14.8 Å². The van der Waals surface area contributed by atoms with Crippen molar-refractivity contribution in [3.63, 3.8) is 0 Å². The number of anilines is 3. The fraction of sp³-hybridized carbons (Fsp3) is 0.250. The third-order valence-corrected chi connectivity index (χ3v) is 7.06. The second-order valence-corrected chi connectivity index (χ2v) is 10.6. The highest BCUT2D eigenvalue weighted by Gasteiger charge is 2.21. The number of carbonyl (C=O) groups is 2. The van der Waals surface area contributed by atoms with Gasteiger partial charge in [-0.15, -0.1) is 0 Å². The van der Waals surface area contributed by atoms with Gasteiger partial charge in [0.05, 0.1) is 24.3 Å². The minimum absolute atomic E-state index is 0.115. The number of fused-ring (bicyclic) bond motifs is 1. The largest absolute Gasteiger partial charge is 0.596 e. The van der Waals surface area contributed by atoms with Crippen molar-refractivity contribution in [1.82, 2.24) is 19.9 Å². The van der Waals surface area contributed by atoms with Crippen molar-refractivity contribution in [3.8, 4) is 11.4 Å². The zero-order valence-corrected chi connectivity index (χ0v) is 25.1. The van der Waals surface area contributed by atoms with E-state index in [9.17, 15) is 9.59 Å². The van der Waals surface area contributed by atoms with Gasteiger partial charge in [-0.2, -0.15) is 0 Å². The molecule has 226 valence electrons. The highest BCUT2D eigenvalue weighted by molar-refractivity contribution is 6.22. The topological polar surface area (TPSA) is 159 Å². The van der Waals surface area contributed by atoms with Crippen LogP contribution in [0.4, 0.5) is 22.0 Å². The first-order chi connectivity index (χ1) is 21.1. The number of benzene rings is 2. The molecule has 0 unspecified atom stereocenters. The predicted octanol–water partition coefficient (Wildman–Crippen LogP) is 4.37. The van der Waals surface area contributed by atoms with Crippen molar-refractivity contribution in [2.24, 2.45) is 0 Å². The van der Waals surface area contributed by atoms with Crippen LogP contribution in [0.15, 0.2) is 66.6 Å². The standard InChI is InChI=1S/C32H34N8O4/c1-19(33)27(20(2)41)23-17-26-28(34-18-23)30(40-13-15-44-16-14-40)38-29(37-26)21-5-9-24(10-6-21)35-32(43)36-25-11-7-22(8-12-25)31(42)39(3)4/h5-12,17-18,33,41H,13-16H2,1-4H3,(H2,35,36,43)/p+1/b27-20+,33-19?. The monoisotopic (exact) mass is 595 g/mol. The second-order valence-electron chi connectivity index (χ2n) is 10.6. The number of pyridine rings is 1. The Balaban J connectivity index is 1.40. The molecule has 2 aromatic carbocycles. The van der Waals surface area contributed by atoms with Crippen molar-refractivity contribution in [2.75, 3.05) is 55.9 Å². The minimum Gasteiger partial charge on any atom is -0.596 e. The molecule has 3 amide bonds. The average molecular weight is 596 g/mol. The molecule has 44 heavy (non-hydrogen) atoms. The summed E-state index contributed by atoms with van der Waals surface area (Å²) >= 11 is 0. The molecule has 4 aromatic rings. The summed E-state index contributed by atoms with van der Waals surface area (Å²) in [4.78, 5) is 42.8. The molecule has 5 rings (SSSR count). The summed E-state index contributed by atoms with van der Waals surface area (Å²) in [6.07, 6.45) is 1.67. The van der Waals surface area contributed by atoms with Gasteiger partial charge in [0.2, 0.25) is 5.76 Å². The zero-order chi connectivity index (χ0) is 31.4. The molecule has 0 bridgehead atoms. The maximum Gasteiger partial charge on any atom is 0.323 e. The molecular formula is C32H35N8O4+. The van der Waals surface area contributed by atoms with Crippen molar-refractivity contribution in [1.29, 1.82) is 5.41 Å². The number of hydrogen-bond acceptors (Lipinski definition) is 8. The number of hydrogen-bond donors (Lipinski definition) is 3. The fourth-order valence-corrected chi connectivity index (χ4v) is 4.93. The molecule has 2 aromatic heterocycles. The third kappa shape index (κ3) is 6.65. The first-order valence-corrected chi connectivity index (χ1v) is 14.1. The Morgan fingerprint density at radius 2 is 1.55 bits per heavy atom. The van der Waals surface area contributed by atoms with E-state index in [1.54, 1.807) is 70.5 Å². The number of ether oxygens (including phenoxy) is 1. The Hall–Kier alpha value is -5.36. The van der Waals surface area contributed by atoms with E-state index in [1.807, 2.05) is 18.2 Å². The Morgan fingerprint density at radius 1 is 0.932 bits per heavy atom. The van der Waals surface area contributed by atoms with E-state index in [1.165, 1.54) is 4.90 Å². The molecule has 0 aliphatic carbocycles. The van der Waals surface area contributed by atoms with E-state index in [0.29, 0.717) is 77.1 Å². The summed E-state index contributed by atoms with van der Waals surface area (Å²) in [5, 5.41) is 21.9. The van der Waals surface area contributed by atoms with Gasteiger partial charge in [0, 0.05) is 74.1 Å². The van der Waals surface area contributed by atoms with E-state index in [2.05, 4.69) is 20.5 Å². The van der Waals surface area contributed by atoms with Crippen LogP contribution in [-0.2, 0) is 4.74 Å². The van der Waals surface area contributed by atoms with E-state index in [-0.39, 0.29) is 17.4 Å². The number of rotatable bonds is 7. The normalized spacial score (nSPS) is 13.7. The van der Waals surface area contributed by atoms with Crippen LogP contribution in [-0.4, -0.2) is 83.0 Å². The van der Waals surface area contributed by atoms with Gasteiger partial charge in [0.15, 0.2) is 11.6 Å². The third-order valence-electron chi connectivity index (χ3n) is 7.06. The maximum atomic E-state index is 12.6. The van der Waals surface area contributed by atoms with Crippen LogP contribution >= 0.6 is 0 Å². The Kier molecular flexibility index (Phi) is 8.81. The van der Waals surface area contributed by atoms with Crippen molar-refractivity contribution < 1.29 is 19.4 Å². The van der Waals surface area contributed by atoms with Gasteiger partial charge >= 0.3 is 6.03 Å². The highest BCUT2D eigenvalue weighted by atomic mass is 16.5. The molecule has 0 spiro atoms. The molecular weight excluding hydrogens is 560 g/mol. The van der Waals surface area contributed by atoms with Crippen molar-refractivity contribution in [3.05, 3.63) is 77.7 Å². The van der Waals surface area contributed by atoms with Gasteiger partial charge in [-0.3, -0.25) is 9.78 Å². The summed E-state index contributed by atoms with van der Waals surface area (Å²) < 4.78 is 5.55. The molecule has 0 radical (unpaired) electrons. The molecule has 3 heterocycles. The number of nitrogens with one attached hydrogen (secondary N) is 3. The molecule has 0 atom stereocenters. The molecule has 1 saturated heterocycles. The first kappa shape index (κ1) is 30.1. The zero-order valence-electron chi connectivity index (χ0n) is 25.1. The van der Waals surface area contributed by atoms with Crippen LogP contribution in [0.5, 0.6) is 0 Å². The number of amides is 3. The van der Waals surface area contributed by atoms with Crippen LogP contribution in [0.3, 0.4) is 0 Å². The average Bonchev–Trinajstić information content (AvgIpc) is 3.01. The predicted molar refractivity (Wildman–Crippen MR) is 173 cm³/mol. The van der Waals surface area contributed by atoms with E-state index in [4.69, 9.17) is 25.2 Å². The number of aromatic nitrogens is 3. The number of urea groups is 1. The first-order valence-electron chi connectivity index (χ1n) is 14.1.